The van der Waals surface area contributed by atoms with Crippen molar-refractivity contribution in [1.29, 1.82) is 0 Å². The predicted octanol–water partition coefficient (Wildman–Crippen LogP) is 2.83. The molecule has 1 aliphatic rings. The number of hydrogen-bond acceptors (Lipinski definition) is 4. The molecule has 1 aromatic heterocycles. The maximum atomic E-state index is 5.85. The van der Waals surface area contributed by atoms with Gasteiger partial charge < -0.3 is 14.8 Å². The van der Waals surface area contributed by atoms with E-state index < -0.39 is 0 Å². The average Bonchev–Trinajstić information content (AvgIpc) is 2.87. The number of nitrogens with zero attached hydrogens (tertiary/aromatic N) is 2. The van der Waals surface area contributed by atoms with Crippen molar-refractivity contribution < 1.29 is 9.47 Å². The first-order valence-corrected chi connectivity index (χ1v) is 8.99. The van der Waals surface area contributed by atoms with Gasteiger partial charge in [0.1, 0.15) is 0 Å². The average molecular weight is 343 g/mol. The molecule has 1 aromatic carbocycles. The van der Waals surface area contributed by atoms with Crippen LogP contribution in [0.3, 0.4) is 0 Å². The summed E-state index contributed by atoms with van der Waals surface area (Å²) in [5.41, 5.74) is 4.56. The quantitative estimate of drug-likeness (QED) is 0.876. The standard InChI is InChI=1S/C20H29N3O2/c1-15-10-16(2)23(22-15)14-18-7-5-6-17(11-18)12-21-13-19-20(3,4)25-9-8-24-19/h5-7,10-11,19,21H,8-9,12-14H2,1-4H3. The highest BCUT2D eigenvalue weighted by atomic mass is 16.6. The Morgan fingerprint density at radius 1 is 1.20 bits per heavy atom. The number of benzene rings is 1. The van der Waals surface area contributed by atoms with Crippen LogP contribution in [0, 0.1) is 13.8 Å². The van der Waals surface area contributed by atoms with Crippen LogP contribution in [-0.4, -0.2) is 41.2 Å². The number of ether oxygens (including phenoxy) is 2. The molecule has 0 spiro atoms. The molecule has 5 heteroatoms. The molecule has 1 fully saturated rings. The van der Waals surface area contributed by atoms with Crippen molar-refractivity contribution in [2.75, 3.05) is 19.8 Å². The Morgan fingerprint density at radius 3 is 2.72 bits per heavy atom. The molecule has 1 saturated heterocycles. The van der Waals surface area contributed by atoms with E-state index in [1.165, 1.54) is 16.8 Å². The Bertz CT molecular complexity index is 709. The third kappa shape index (κ3) is 4.69. The molecule has 1 unspecified atom stereocenters. The lowest BCUT2D eigenvalue weighted by atomic mass is 10.00. The summed E-state index contributed by atoms with van der Waals surface area (Å²) in [7, 11) is 0. The monoisotopic (exact) mass is 343 g/mol. The van der Waals surface area contributed by atoms with E-state index in [0.717, 1.165) is 25.3 Å². The summed E-state index contributed by atoms with van der Waals surface area (Å²) in [5, 5.41) is 8.05. The van der Waals surface area contributed by atoms with Gasteiger partial charge in [-0.05, 0) is 44.9 Å². The second kappa shape index (κ2) is 7.68. The third-order valence-corrected chi connectivity index (χ3v) is 4.74. The summed E-state index contributed by atoms with van der Waals surface area (Å²) < 4.78 is 13.7. The first kappa shape index (κ1) is 18.1. The lowest BCUT2D eigenvalue weighted by Gasteiger charge is -2.38. The molecule has 2 heterocycles. The van der Waals surface area contributed by atoms with E-state index in [9.17, 15) is 0 Å². The Labute approximate surface area is 150 Å². The zero-order valence-electron chi connectivity index (χ0n) is 15.7. The van der Waals surface area contributed by atoms with E-state index in [1.54, 1.807) is 0 Å². The van der Waals surface area contributed by atoms with Crippen molar-refractivity contribution in [1.82, 2.24) is 15.1 Å². The molecular weight excluding hydrogens is 314 g/mol. The predicted molar refractivity (Wildman–Crippen MR) is 98.7 cm³/mol. The maximum absolute atomic E-state index is 5.85. The van der Waals surface area contributed by atoms with Crippen LogP contribution < -0.4 is 5.32 Å². The number of rotatable bonds is 6. The van der Waals surface area contributed by atoms with Crippen LogP contribution in [-0.2, 0) is 22.6 Å². The molecule has 1 N–H and O–H groups in total. The summed E-state index contributed by atoms with van der Waals surface area (Å²) >= 11 is 0. The SMILES string of the molecule is Cc1cc(C)n(Cc2cccc(CNCC3OCCOC3(C)C)c2)n1. The first-order chi connectivity index (χ1) is 11.9. The highest BCUT2D eigenvalue weighted by Gasteiger charge is 2.33. The zero-order valence-corrected chi connectivity index (χ0v) is 15.7. The molecule has 0 saturated carbocycles. The van der Waals surface area contributed by atoms with Gasteiger partial charge in [-0.3, -0.25) is 4.68 Å². The smallest absolute Gasteiger partial charge is 0.0984 e. The number of aryl methyl sites for hydroxylation is 2. The molecule has 2 aromatic rings. The number of nitrogens with one attached hydrogen (secondary N) is 1. The molecule has 0 amide bonds. The van der Waals surface area contributed by atoms with Crippen LogP contribution in [0.1, 0.15) is 36.4 Å². The van der Waals surface area contributed by atoms with Crippen molar-refractivity contribution in [2.24, 2.45) is 0 Å². The van der Waals surface area contributed by atoms with Crippen molar-refractivity contribution in [3.8, 4) is 0 Å². The summed E-state index contributed by atoms with van der Waals surface area (Å²) in [5.74, 6) is 0. The van der Waals surface area contributed by atoms with Crippen molar-refractivity contribution in [3.05, 3.63) is 52.8 Å². The summed E-state index contributed by atoms with van der Waals surface area (Å²) in [4.78, 5) is 0. The molecule has 0 bridgehead atoms. The molecule has 0 aliphatic carbocycles. The summed E-state index contributed by atoms with van der Waals surface area (Å²) in [6.45, 7) is 12.1. The van der Waals surface area contributed by atoms with Gasteiger partial charge in [-0.1, -0.05) is 24.3 Å². The van der Waals surface area contributed by atoms with Gasteiger partial charge in [0, 0.05) is 18.8 Å². The fraction of sp³-hybridized carbons (Fsp3) is 0.550. The van der Waals surface area contributed by atoms with Gasteiger partial charge in [0.2, 0.25) is 0 Å². The minimum atomic E-state index is -0.234. The Kier molecular flexibility index (Phi) is 5.57. The number of hydrogen-bond donors (Lipinski definition) is 1. The fourth-order valence-corrected chi connectivity index (χ4v) is 3.29. The van der Waals surface area contributed by atoms with Crippen molar-refractivity contribution >= 4 is 0 Å². The largest absolute Gasteiger partial charge is 0.372 e. The van der Waals surface area contributed by atoms with Crippen LogP contribution in [0.2, 0.25) is 0 Å². The van der Waals surface area contributed by atoms with E-state index >= 15 is 0 Å². The third-order valence-electron chi connectivity index (χ3n) is 4.74. The van der Waals surface area contributed by atoms with E-state index in [0.29, 0.717) is 13.2 Å². The highest BCUT2D eigenvalue weighted by molar-refractivity contribution is 5.24. The second-order valence-electron chi connectivity index (χ2n) is 7.35. The minimum absolute atomic E-state index is 0.0825. The molecule has 25 heavy (non-hydrogen) atoms. The Hall–Kier alpha value is -1.69. The van der Waals surface area contributed by atoms with Gasteiger partial charge in [-0.2, -0.15) is 5.10 Å². The van der Waals surface area contributed by atoms with Gasteiger partial charge in [0.25, 0.3) is 0 Å². The lowest BCUT2D eigenvalue weighted by Crippen LogP contribution is -2.51. The normalized spacial score (nSPS) is 19.9. The fourth-order valence-electron chi connectivity index (χ4n) is 3.29. The van der Waals surface area contributed by atoms with Crippen LogP contribution in [0.15, 0.2) is 30.3 Å². The van der Waals surface area contributed by atoms with E-state index in [-0.39, 0.29) is 11.7 Å². The highest BCUT2D eigenvalue weighted by Crippen LogP contribution is 2.21. The lowest BCUT2D eigenvalue weighted by molar-refractivity contribution is -0.184. The maximum Gasteiger partial charge on any atom is 0.0984 e. The molecule has 1 atom stereocenters. The number of aromatic nitrogens is 2. The molecule has 1 aliphatic heterocycles. The molecule has 5 nitrogen and oxygen atoms in total. The van der Waals surface area contributed by atoms with Crippen LogP contribution in [0.5, 0.6) is 0 Å². The molecular formula is C20H29N3O2. The summed E-state index contributed by atoms with van der Waals surface area (Å²) in [6.07, 6.45) is 0.0825. The van der Waals surface area contributed by atoms with Gasteiger partial charge in [0.15, 0.2) is 0 Å². The van der Waals surface area contributed by atoms with Crippen molar-refractivity contribution in [3.63, 3.8) is 0 Å². The van der Waals surface area contributed by atoms with Gasteiger partial charge >= 0.3 is 0 Å². The first-order valence-electron chi connectivity index (χ1n) is 8.99. The zero-order chi connectivity index (χ0) is 17.9. The van der Waals surface area contributed by atoms with Gasteiger partial charge in [-0.25, -0.2) is 0 Å². The molecule has 3 rings (SSSR count). The Morgan fingerprint density at radius 2 is 2.00 bits per heavy atom. The van der Waals surface area contributed by atoms with Crippen molar-refractivity contribution in [2.45, 2.75) is 52.5 Å². The summed E-state index contributed by atoms with van der Waals surface area (Å²) in [6, 6.07) is 10.8. The molecule has 136 valence electrons. The van der Waals surface area contributed by atoms with E-state index in [2.05, 4.69) is 66.2 Å². The van der Waals surface area contributed by atoms with Gasteiger partial charge in [-0.15, -0.1) is 0 Å². The van der Waals surface area contributed by atoms with Gasteiger partial charge in [0.05, 0.1) is 37.2 Å². The molecule has 0 radical (unpaired) electrons. The van der Waals surface area contributed by atoms with E-state index in [4.69, 9.17) is 9.47 Å². The van der Waals surface area contributed by atoms with E-state index in [1.807, 2.05) is 6.92 Å². The van der Waals surface area contributed by atoms with Crippen LogP contribution in [0.4, 0.5) is 0 Å². The second-order valence-corrected chi connectivity index (χ2v) is 7.35. The Balaban J connectivity index is 1.56. The topological polar surface area (TPSA) is 48.3 Å². The minimum Gasteiger partial charge on any atom is -0.372 e. The van der Waals surface area contributed by atoms with Crippen LogP contribution in [0.25, 0.3) is 0 Å². The van der Waals surface area contributed by atoms with Crippen LogP contribution >= 0.6 is 0 Å².